The van der Waals surface area contributed by atoms with E-state index in [1.54, 1.807) is 0 Å². The first-order chi connectivity index (χ1) is 7.40. The number of nitrogens with zero attached hydrogens (tertiary/aromatic N) is 2. The second-order valence-corrected chi connectivity index (χ2v) is 5.08. The number of hydrogen-bond acceptors (Lipinski definition) is 2. The predicted molar refractivity (Wildman–Crippen MR) is 69.5 cm³/mol. The van der Waals surface area contributed by atoms with Gasteiger partial charge < -0.3 is 4.90 Å². The Morgan fingerprint density at radius 1 is 1.12 bits per heavy atom. The van der Waals surface area contributed by atoms with E-state index in [-0.39, 0.29) is 18.0 Å². The zero-order chi connectivity index (χ0) is 12.7. The number of carbonyl (C=O) groups excluding carboxylic acids is 1. The smallest absolute Gasteiger partial charge is 0.237 e. The third kappa shape index (κ3) is 5.50. The minimum Gasteiger partial charge on any atom is -0.337 e. The molecule has 0 unspecified atom stereocenters. The van der Waals surface area contributed by atoms with Crippen molar-refractivity contribution in [1.29, 1.82) is 0 Å². The molecule has 0 aliphatic carbocycles. The van der Waals surface area contributed by atoms with Gasteiger partial charge in [0.1, 0.15) is 0 Å². The number of rotatable bonds is 7. The predicted octanol–water partition coefficient (Wildman–Crippen LogP) is 2.36. The molecule has 0 aromatic carbocycles. The molecule has 0 saturated heterocycles. The van der Waals surface area contributed by atoms with E-state index < -0.39 is 0 Å². The molecule has 0 radical (unpaired) electrons. The molecule has 0 heterocycles. The summed E-state index contributed by atoms with van der Waals surface area (Å²) in [5.41, 5.74) is 0. The van der Waals surface area contributed by atoms with E-state index in [4.69, 9.17) is 0 Å². The highest BCUT2D eigenvalue weighted by Crippen LogP contribution is 2.06. The minimum absolute atomic E-state index is 0.239. The van der Waals surface area contributed by atoms with Crippen LogP contribution in [0.25, 0.3) is 0 Å². The number of hydrogen-bond donors (Lipinski definition) is 0. The summed E-state index contributed by atoms with van der Waals surface area (Å²) in [4.78, 5) is 16.2. The maximum absolute atomic E-state index is 12.1. The van der Waals surface area contributed by atoms with Gasteiger partial charge in [0.15, 0.2) is 0 Å². The van der Waals surface area contributed by atoms with Gasteiger partial charge in [0.25, 0.3) is 0 Å². The van der Waals surface area contributed by atoms with E-state index in [1.807, 2.05) is 11.9 Å². The molecule has 0 bridgehead atoms. The highest BCUT2D eigenvalue weighted by Gasteiger charge is 2.20. The fourth-order valence-electron chi connectivity index (χ4n) is 1.99. The van der Waals surface area contributed by atoms with Crippen molar-refractivity contribution in [3.8, 4) is 0 Å². The first-order valence-corrected chi connectivity index (χ1v) is 6.39. The van der Waals surface area contributed by atoms with Gasteiger partial charge in [0.05, 0.1) is 6.54 Å². The van der Waals surface area contributed by atoms with E-state index in [9.17, 15) is 4.79 Å². The van der Waals surface area contributed by atoms with Crippen molar-refractivity contribution in [3.63, 3.8) is 0 Å². The van der Waals surface area contributed by atoms with Crippen molar-refractivity contribution >= 4 is 5.91 Å². The van der Waals surface area contributed by atoms with Crippen molar-refractivity contribution in [2.45, 2.75) is 59.5 Å². The molecule has 0 aliphatic heterocycles. The maximum atomic E-state index is 12.1. The van der Waals surface area contributed by atoms with Gasteiger partial charge in [-0.15, -0.1) is 0 Å². The van der Waals surface area contributed by atoms with Crippen LogP contribution in [0.15, 0.2) is 0 Å². The van der Waals surface area contributed by atoms with E-state index in [1.165, 1.54) is 6.42 Å². The van der Waals surface area contributed by atoms with Crippen LogP contribution in [0.4, 0.5) is 0 Å². The van der Waals surface area contributed by atoms with Gasteiger partial charge in [-0.3, -0.25) is 9.69 Å². The van der Waals surface area contributed by atoms with Crippen LogP contribution in [-0.4, -0.2) is 47.9 Å². The molecule has 3 heteroatoms. The van der Waals surface area contributed by atoms with E-state index >= 15 is 0 Å². The van der Waals surface area contributed by atoms with Gasteiger partial charge in [-0.05, 0) is 47.7 Å². The van der Waals surface area contributed by atoms with Gasteiger partial charge in [-0.2, -0.15) is 0 Å². The molecule has 0 spiro atoms. The molecular formula is C13H28N2O. The highest BCUT2D eigenvalue weighted by atomic mass is 16.2. The standard InChI is InChI=1S/C13H28N2O/c1-7-8-9-14(6)10-13(16)15(11(2)3)12(4)5/h11-12H,7-10H2,1-6H3. The van der Waals surface area contributed by atoms with Crippen molar-refractivity contribution in [2.75, 3.05) is 20.1 Å². The van der Waals surface area contributed by atoms with Crippen LogP contribution in [0, 0.1) is 0 Å². The third-order valence-corrected chi connectivity index (χ3v) is 2.70. The van der Waals surface area contributed by atoms with E-state index in [0.717, 1.165) is 13.0 Å². The van der Waals surface area contributed by atoms with E-state index in [0.29, 0.717) is 6.54 Å². The molecule has 0 fully saturated rings. The first-order valence-electron chi connectivity index (χ1n) is 6.39. The Kier molecular flexibility index (Phi) is 7.39. The summed E-state index contributed by atoms with van der Waals surface area (Å²) in [7, 11) is 2.02. The lowest BCUT2D eigenvalue weighted by molar-refractivity contribution is -0.135. The second kappa shape index (κ2) is 7.66. The average molecular weight is 228 g/mol. The Bertz CT molecular complexity index is 194. The summed E-state index contributed by atoms with van der Waals surface area (Å²) in [5.74, 6) is 0.239. The van der Waals surface area contributed by atoms with Crippen LogP contribution in [0.5, 0.6) is 0 Å². The summed E-state index contributed by atoms with van der Waals surface area (Å²) in [5, 5.41) is 0. The zero-order valence-electron chi connectivity index (χ0n) is 11.8. The van der Waals surface area contributed by atoms with Crippen LogP contribution < -0.4 is 0 Å². The molecule has 0 N–H and O–H groups in total. The van der Waals surface area contributed by atoms with Gasteiger partial charge in [-0.1, -0.05) is 13.3 Å². The SMILES string of the molecule is CCCCN(C)CC(=O)N(C(C)C)C(C)C. The molecule has 96 valence electrons. The third-order valence-electron chi connectivity index (χ3n) is 2.70. The van der Waals surface area contributed by atoms with Crippen molar-refractivity contribution in [1.82, 2.24) is 9.80 Å². The summed E-state index contributed by atoms with van der Waals surface area (Å²) in [6.07, 6.45) is 2.34. The van der Waals surface area contributed by atoms with Crippen LogP contribution in [-0.2, 0) is 4.79 Å². The fourth-order valence-corrected chi connectivity index (χ4v) is 1.99. The molecule has 0 aliphatic rings. The van der Waals surface area contributed by atoms with Gasteiger partial charge in [0.2, 0.25) is 5.91 Å². The van der Waals surface area contributed by atoms with Gasteiger partial charge in [0, 0.05) is 12.1 Å². The molecule has 0 saturated carbocycles. The maximum Gasteiger partial charge on any atom is 0.237 e. The zero-order valence-corrected chi connectivity index (χ0v) is 11.8. The Morgan fingerprint density at radius 3 is 2.00 bits per heavy atom. The Balaban J connectivity index is 4.20. The number of unbranched alkanes of at least 4 members (excludes halogenated alkanes) is 1. The second-order valence-electron chi connectivity index (χ2n) is 5.08. The number of amides is 1. The largest absolute Gasteiger partial charge is 0.337 e. The molecule has 0 aromatic rings. The van der Waals surface area contributed by atoms with Crippen LogP contribution in [0.3, 0.4) is 0 Å². The molecule has 16 heavy (non-hydrogen) atoms. The first kappa shape index (κ1) is 15.4. The van der Waals surface area contributed by atoms with E-state index in [2.05, 4.69) is 39.5 Å². The summed E-state index contributed by atoms with van der Waals surface area (Å²) in [6, 6.07) is 0.569. The molecule has 1 amide bonds. The monoisotopic (exact) mass is 228 g/mol. The minimum atomic E-state index is 0.239. The van der Waals surface area contributed by atoms with Crippen molar-refractivity contribution < 1.29 is 4.79 Å². The Hall–Kier alpha value is -0.570. The van der Waals surface area contributed by atoms with Crippen LogP contribution in [0.1, 0.15) is 47.5 Å². The topological polar surface area (TPSA) is 23.6 Å². The highest BCUT2D eigenvalue weighted by molar-refractivity contribution is 5.78. The summed E-state index contributed by atoms with van der Waals surface area (Å²) < 4.78 is 0. The molecule has 0 atom stereocenters. The molecule has 0 rings (SSSR count). The lowest BCUT2D eigenvalue weighted by atomic mass is 10.2. The Labute approximate surface area is 101 Å². The fraction of sp³-hybridized carbons (Fsp3) is 0.923. The van der Waals surface area contributed by atoms with Crippen molar-refractivity contribution in [3.05, 3.63) is 0 Å². The van der Waals surface area contributed by atoms with Gasteiger partial charge >= 0.3 is 0 Å². The quantitative estimate of drug-likeness (QED) is 0.668. The average Bonchev–Trinajstić information content (AvgIpc) is 2.13. The Morgan fingerprint density at radius 2 is 1.62 bits per heavy atom. The van der Waals surface area contributed by atoms with Gasteiger partial charge in [-0.25, -0.2) is 0 Å². The summed E-state index contributed by atoms with van der Waals surface area (Å²) >= 11 is 0. The summed E-state index contributed by atoms with van der Waals surface area (Å²) in [6.45, 7) is 12.0. The van der Waals surface area contributed by atoms with Crippen LogP contribution >= 0.6 is 0 Å². The van der Waals surface area contributed by atoms with Crippen LogP contribution in [0.2, 0.25) is 0 Å². The molecule has 3 nitrogen and oxygen atoms in total. The number of carbonyl (C=O) groups is 1. The molecule has 0 aromatic heterocycles. The number of likely N-dealkylation sites (N-methyl/N-ethyl adjacent to an activating group) is 1. The molecular weight excluding hydrogens is 200 g/mol. The lowest BCUT2D eigenvalue weighted by Gasteiger charge is -2.32. The van der Waals surface area contributed by atoms with Crippen molar-refractivity contribution in [2.24, 2.45) is 0 Å². The normalized spacial score (nSPS) is 11.6. The lowest BCUT2D eigenvalue weighted by Crippen LogP contribution is -2.46.